The molecule has 4 nitrogen and oxygen atoms in total. The molecular formula is C18H19Cl2NO3S. The molecule has 0 saturated carbocycles. The second-order valence-corrected chi connectivity index (χ2v) is 9.37. The van der Waals surface area contributed by atoms with Crippen LogP contribution in [-0.2, 0) is 15.8 Å². The molecule has 0 aromatic heterocycles. The van der Waals surface area contributed by atoms with Crippen LogP contribution in [0, 0.1) is 0 Å². The van der Waals surface area contributed by atoms with E-state index in [1.165, 1.54) is 0 Å². The molecule has 0 saturated heterocycles. The Morgan fingerprint density at radius 3 is 2.64 bits per heavy atom. The molecule has 2 aromatic carbocycles. The quantitative estimate of drug-likeness (QED) is 0.809. The van der Waals surface area contributed by atoms with Crippen LogP contribution in [0.2, 0.25) is 10.0 Å². The van der Waals surface area contributed by atoms with E-state index in [1.54, 1.807) is 18.2 Å². The molecule has 1 atom stereocenters. The maximum atomic E-state index is 12.7. The monoisotopic (exact) mass is 399 g/mol. The van der Waals surface area contributed by atoms with E-state index in [4.69, 9.17) is 27.9 Å². The van der Waals surface area contributed by atoms with Gasteiger partial charge in [-0.3, -0.25) is 0 Å². The summed E-state index contributed by atoms with van der Waals surface area (Å²) in [6.45, 7) is 3.89. The van der Waals surface area contributed by atoms with Gasteiger partial charge in [-0.2, -0.15) is 0 Å². The molecule has 1 aliphatic rings. The summed E-state index contributed by atoms with van der Waals surface area (Å²) in [5.41, 5.74) is 0.894. The van der Waals surface area contributed by atoms with Gasteiger partial charge in [0.2, 0.25) is 10.0 Å². The van der Waals surface area contributed by atoms with Gasteiger partial charge in [-0.05, 0) is 37.6 Å². The Labute approximate surface area is 158 Å². The van der Waals surface area contributed by atoms with Gasteiger partial charge < -0.3 is 4.74 Å². The summed E-state index contributed by atoms with van der Waals surface area (Å²) in [6.07, 6.45) is 0.539. The Hall–Kier alpha value is -1.27. The molecule has 3 rings (SSSR count). The molecule has 1 unspecified atom stereocenters. The Balaban J connectivity index is 1.85. The fraction of sp³-hybridized carbons (Fsp3) is 0.333. The second kappa shape index (κ2) is 6.80. The minimum Gasteiger partial charge on any atom is -0.487 e. The van der Waals surface area contributed by atoms with Crippen LogP contribution in [0.25, 0.3) is 0 Å². The van der Waals surface area contributed by atoms with Gasteiger partial charge in [-0.1, -0.05) is 47.5 Å². The third kappa shape index (κ3) is 4.47. The van der Waals surface area contributed by atoms with Gasteiger partial charge in [-0.25, -0.2) is 13.1 Å². The molecule has 1 aliphatic heterocycles. The number of fused-ring (bicyclic) bond motifs is 1. The highest BCUT2D eigenvalue weighted by Crippen LogP contribution is 2.39. The van der Waals surface area contributed by atoms with Crippen molar-refractivity contribution in [3.8, 4) is 5.75 Å². The first-order valence-corrected chi connectivity index (χ1v) is 10.3. The molecule has 0 radical (unpaired) electrons. The number of ether oxygens (including phenoxy) is 1. The van der Waals surface area contributed by atoms with Crippen LogP contribution in [0.1, 0.15) is 37.4 Å². The third-order valence-corrected chi connectivity index (χ3v) is 5.98. The van der Waals surface area contributed by atoms with Crippen molar-refractivity contribution in [1.29, 1.82) is 0 Å². The Kier molecular flexibility index (Phi) is 5.04. The summed E-state index contributed by atoms with van der Waals surface area (Å²) >= 11 is 12.0. The van der Waals surface area contributed by atoms with Crippen LogP contribution >= 0.6 is 23.2 Å². The van der Waals surface area contributed by atoms with Crippen molar-refractivity contribution in [3.05, 3.63) is 63.6 Å². The van der Waals surface area contributed by atoms with E-state index >= 15 is 0 Å². The number of halogens is 2. The molecule has 25 heavy (non-hydrogen) atoms. The first-order valence-electron chi connectivity index (χ1n) is 7.87. The van der Waals surface area contributed by atoms with Crippen molar-refractivity contribution in [2.24, 2.45) is 0 Å². The van der Waals surface area contributed by atoms with E-state index in [9.17, 15) is 8.42 Å². The minimum absolute atomic E-state index is 0.205. The van der Waals surface area contributed by atoms with Crippen molar-refractivity contribution in [2.45, 2.75) is 37.7 Å². The first-order chi connectivity index (χ1) is 11.7. The largest absolute Gasteiger partial charge is 0.487 e. The minimum atomic E-state index is -3.60. The highest BCUT2D eigenvalue weighted by Gasteiger charge is 2.35. The van der Waals surface area contributed by atoms with Gasteiger partial charge >= 0.3 is 0 Å². The van der Waals surface area contributed by atoms with E-state index < -0.39 is 15.6 Å². The van der Waals surface area contributed by atoms with Crippen molar-refractivity contribution in [2.75, 3.05) is 0 Å². The van der Waals surface area contributed by atoms with E-state index in [0.29, 0.717) is 27.8 Å². The number of nitrogens with one attached hydrogen (secondary N) is 1. The lowest BCUT2D eigenvalue weighted by Crippen LogP contribution is -2.41. The van der Waals surface area contributed by atoms with Gasteiger partial charge in [0.1, 0.15) is 11.4 Å². The summed E-state index contributed by atoms with van der Waals surface area (Å²) in [7, 11) is -3.60. The van der Waals surface area contributed by atoms with Crippen molar-refractivity contribution in [3.63, 3.8) is 0 Å². The number of hydrogen-bond acceptors (Lipinski definition) is 3. The average molecular weight is 400 g/mol. The highest BCUT2D eigenvalue weighted by molar-refractivity contribution is 7.88. The summed E-state index contributed by atoms with van der Waals surface area (Å²) in [5.74, 6) is 0.499. The molecule has 1 N–H and O–H groups in total. The average Bonchev–Trinajstić information content (AvgIpc) is 2.48. The van der Waals surface area contributed by atoms with Crippen molar-refractivity contribution in [1.82, 2.24) is 4.72 Å². The molecule has 0 fully saturated rings. The van der Waals surface area contributed by atoms with Crippen LogP contribution in [-0.4, -0.2) is 14.0 Å². The van der Waals surface area contributed by atoms with E-state index in [2.05, 4.69) is 4.72 Å². The molecule has 0 bridgehead atoms. The van der Waals surface area contributed by atoms with Gasteiger partial charge in [0.05, 0.1) is 11.8 Å². The zero-order valence-electron chi connectivity index (χ0n) is 13.9. The predicted octanol–water partition coefficient (Wildman–Crippen LogP) is 4.72. The van der Waals surface area contributed by atoms with Crippen LogP contribution in [0.5, 0.6) is 5.75 Å². The molecule has 7 heteroatoms. The molecule has 0 aliphatic carbocycles. The number of rotatable bonds is 4. The molecule has 0 amide bonds. The third-order valence-electron chi connectivity index (χ3n) is 4.06. The van der Waals surface area contributed by atoms with Crippen LogP contribution in [0.4, 0.5) is 0 Å². The van der Waals surface area contributed by atoms with E-state index in [-0.39, 0.29) is 11.8 Å². The molecular weight excluding hydrogens is 381 g/mol. The lowest BCUT2D eigenvalue weighted by Gasteiger charge is -2.37. The SMILES string of the molecule is CC1(C)CC(NS(=O)(=O)Cc2ccc(Cl)cc2Cl)c2ccccc2O1. The maximum Gasteiger partial charge on any atom is 0.216 e. The van der Waals surface area contributed by atoms with Crippen LogP contribution in [0.3, 0.4) is 0 Å². The first kappa shape index (κ1) is 18.5. The number of sulfonamides is 1. The zero-order chi connectivity index (χ0) is 18.2. The molecule has 2 aromatic rings. The number of para-hydroxylation sites is 1. The molecule has 1 heterocycles. The van der Waals surface area contributed by atoms with E-state index in [1.807, 2.05) is 38.1 Å². The summed E-state index contributed by atoms with van der Waals surface area (Å²) in [5, 5.41) is 0.810. The Morgan fingerprint density at radius 2 is 1.92 bits per heavy atom. The van der Waals surface area contributed by atoms with Crippen LogP contribution in [0.15, 0.2) is 42.5 Å². The smallest absolute Gasteiger partial charge is 0.216 e. The van der Waals surface area contributed by atoms with Crippen molar-refractivity contribution >= 4 is 33.2 Å². The summed E-state index contributed by atoms with van der Waals surface area (Å²) in [4.78, 5) is 0. The highest BCUT2D eigenvalue weighted by atomic mass is 35.5. The van der Waals surface area contributed by atoms with Gasteiger partial charge in [0.25, 0.3) is 0 Å². The maximum absolute atomic E-state index is 12.7. The molecule has 134 valence electrons. The number of hydrogen-bond donors (Lipinski definition) is 1. The lowest BCUT2D eigenvalue weighted by atomic mass is 9.90. The van der Waals surface area contributed by atoms with Gasteiger partial charge in [0, 0.05) is 22.0 Å². The Morgan fingerprint density at radius 1 is 1.20 bits per heavy atom. The second-order valence-electron chi connectivity index (χ2n) is 6.77. The molecule has 0 spiro atoms. The van der Waals surface area contributed by atoms with E-state index in [0.717, 1.165) is 5.56 Å². The Bertz CT molecular complexity index is 897. The lowest BCUT2D eigenvalue weighted by molar-refractivity contribution is 0.0702. The van der Waals surface area contributed by atoms with Crippen molar-refractivity contribution < 1.29 is 13.2 Å². The normalized spacial score (nSPS) is 19.1. The topological polar surface area (TPSA) is 55.4 Å². The summed E-state index contributed by atoms with van der Waals surface area (Å²) in [6, 6.07) is 11.9. The summed E-state index contributed by atoms with van der Waals surface area (Å²) < 4.78 is 34.1. The number of benzene rings is 2. The zero-order valence-corrected chi connectivity index (χ0v) is 16.3. The van der Waals surface area contributed by atoms with Gasteiger partial charge in [-0.15, -0.1) is 0 Å². The predicted molar refractivity (Wildman–Crippen MR) is 101 cm³/mol. The standard InChI is InChI=1S/C18H19Cl2NO3S/c1-18(2)10-16(14-5-3-4-6-17(14)24-18)21-25(22,23)11-12-7-8-13(19)9-15(12)20/h3-9,16,21H,10-11H2,1-2H3. The fourth-order valence-corrected chi connectivity index (χ4v) is 4.95. The van der Waals surface area contributed by atoms with Crippen LogP contribution < -0.4 is 9.46 Å². The van der Waals surface area contributed by atoms with Gasteiger partial charge in [0.15, 0.2) is 0 Å². The fourth-order valence-electron chi connectivity index (χ4n) is 3.01.